The standard InChI is InChI=1S/C15H13F3N2O4/c16-15(17,18)8-2-1-3-9(6-8)20-13(21)11-10-7-23-5-4-19(10)24-12(11)14(20)22/h1-3,6,10-12H,4-5,7H2/t10-,11-,12+/m0/s1. The Morgan fingerprint density at radius 1 is 1.17 bits per heavy atom. The van der Waals surface area contributed by atoms with Gasteiger partial charge in [-0.3, -0.25) is 14.4 Å². The third kappa shape index (κ3) is 2.23. The van der Waals surface area contributed by atoms with Crippen molar-refractivity contribution in [2.24, 2.45) is 5.92 Å². The van der Waals surface area contributed by atoms with E-state index in [9.17, 15) is 22.8 Å². The van der Waals surface area contributed by atoms with Crippen LogP contribution in [-0.2, 0) is 25.3 Å². The molecule has 3 saturated heterocycles. The maximum absolute atomic E-state index is 12.9. The second-order valence-electron chi connectivity index (χ2n) is 5.89. The van der Waals surface area contributed by atoms with Crippen molar-refractivity contribution in [2.75, 3.05) is 24.7 Å². The topological polar surface area (TPSA) is 59.1 Å². The predicted octanol–water partition coefficient (Wildman–Crippen LogP) is 1.21. The fraction of sp³-hybridized carbons (Fsp3) is 0.467. The number of nitrogens with zero attached hydrogens (tertiary/aromatic N) is 2. The van der Waals surface area contributed by atoms with Crippen LogP contribution in [0.3, 0.4) is 0 Å². The molecular weight excluding hydrogens is 329 g/mol. The van der Waals surface area contributed by atoms with E-state index in [4.69, 9.17) is 9.57 Å². The Kier molecular flexibility index (Phi) is 3.41. The van der Waals surface area contributed by atoms with Crippen LogP contribution in [0.25, 0.3) is 0 Å². The van der Waals surface area contributed by atoms with Gasteiger partial charge in [0.2, 0.25) is 5.91 Å². The van der Waals surface area contributed by atoms with Gasteiger partial charge in [0.25, 0.3) is 5.91 Å². The fourth-order valence-corrected chi connectivity index (χ4v) is 3.39. The summed E-state index contributed by atoms with van der Waals surface area (Å²) in [6.07, 6.45) is -5.55. The largest absolute Gasteiger partial charge is 0.416 e. The molecular formula is C15H13F3N2O4. The van der Waals surface area contributed by atoms with E-state index < -0.39 is 41.6 Å². The van der Waals surface area contributed by atoms with Crippen LogP contribution in [0.5, 0.6) is 0 Å². The molecule has 24 heavy (non-hydrogen) atoms. The van der Waals surface area contributed by atoms with Gasteiger partial charge in [0.1, 0.15) is 0 Å². The molecule has 3 aliphatic rings. The number of rotatable bonds is 1. The quantitative estimate of drug-likeness (QED) is 0.718. The number of hydrogen-bond acceptors (Lipinski definition) is 5. The lowest BCUT2D eigenvalue weighted by atomic mass is 9.97. The minimum atomic E-state index is -4.55. The molecule has 0 bridgehead atoms. The summed E-state index contributed by atoms with van der Waals surface area (Å²) in [6, 6.07) is 3.77. The Bertz CT molecular complexity index is 708. The maximum atomic E-state index is 12.9. The minimum absolute atomic E-state index is 0.0962. The van der Waals surface area contributed by atoms with Crippen LogP contribution in [0, 0.1) is 5.92 Å². The summed E-state index contributed by atoms with van der Waals surface area (Å²) < 4.78 is 43.9. The number of imide groups is 1. The monoisotopic (exact) mass is 342 g/mol. The SMILES string of the molecule is O=C1[C@@H]2[C@@H](ON3CCOC[C@@H]23)C(=O)N1c1cccc(C(F)(F)F)c1. The zero-order valence-electron chi connectivity index (χ0n) is 12.3. The van der Waals surface area contributed by atoms with Crippen molar-refractivity contribution in [3.63, 3.8) is 0 Å². The number of carbonyl (C=O) groups excluding carboxylic acids is 2. The highest BCUT2D eigenvalue weighted by atomic mass is 19.4. The highest BCUT2D eigenvalue weighted by Gasteiger charge is 2.60. The van der Waals surface area contributed by atoms with E-state index in [1.165, 1.54) is 12.1 Å². The molecule has 0 saturated carbocycles. The molecule has 3 heterocycles. The van der Waals surface area contributed by atoms with Gasteiger partial charge in [-0.05, 0) is 18.2 Å². The van der Waals surface area contributed by atoms with Crippen molar-refractivity contribution in [3.05, 3.63) is 29.8 Å². The summed E-state index contributed by atoms with van der Waals surface area (Å²) in [6.45, 7) is 1.13. The highest BCUT2D eigenvalue weighted by molar-refractivity contribution is 6.23. The van der Waals surface area contributed by atoms with Gasteiger partial charge in [-0.15, -0.1) is 0 Å². The van der Waals surface area contributed by atoms with Crippen molar-refractivity contribution < 1.29 is 32.3 Å². The molecule has 4 rings (SSSR count). The van der Waals surface area contributed by atoms with E-state index in [1.54, 1.807) is 5.06 Å². The van der Waals surface area contributed by atoms with Gasteiger partial charge in [0, 0.05) is 6.54 Å². The first-order valence-corrected chi connectivity index (χ1v) is 7.44. The first kappa shape index (κ1) is 15.6. The normalized spacial score (nSPS) is 30.6. The number of anilines is 1. The molecule has 0 spiro atoms. The van der Waals surface area contributed by atoms with E-state index in [0.717, 1.165) is 17.0 Å². The molecule has 9 heteroatoms. The molecule has 2 amide bonds. The summed E-state index contributed by atoms with van der Waals surface area (Å²) in [4.78, 5) is 31.5. The lowest BCUT2D eigenvalue weighted by molar-refractivity contribution is -0.197. The Morgan fingerprint density at radius 2 is 1.96 bits per heavy atom. The summed E-state index contributed by atoms with van der Waals surface area (Å²) >= 11 is 0. The van der Waals surface area contributed by atoms with Crippen molar-refractivity contribution in [1.29, 1.82) is 0 Å². The number of benzene rings is 1. The van der Waals surface area contributed by atoms with Gasteiger partial charge in [-0.1, -0.05) is 6.07 Å². The molecule has 3 aliphatic heterocycles. The molecule has 0 N–H and O–H groups in total. The number of fused-ring (bicyclic) bond motifs is 3. The predicted molar refractivity (Wildman–Crippen MR) is 73.6 cm³/mol. The Labute approximate surface area is 134 Å². The molecule has 0 radical (unpaired) electrons. The van der Waals surface area contributed by atoms with Crippen molar-refractivity contribution in [1.82, 2.24) is 5.06 Å². The summed E-state index contributed by atoms with van der Waals surface area (Å²) in [5.41, 5.74) is -1.01. The number of morpholine rings is 1. The maximum Gasteiger partial charge on any atom is 0.416 e. The first-order valence-electron chi connectivity index (χ1n) is 7.44. The van der Waals surface area contributed by atoms with Crippen LogP contribution >= 0.6 is 0 Å². The third-order valence-electron chi connectivity index (χ3n) is 4.51. The van der Waals surface area contributed by atoms with Gasteiger partial charge in [-0.2, -0.15) is 18.2 Å². The number of carbonyl (C=O) groups is 2. The van der Waals surface area contributed by atoms with Gasteiger partial charge >= 0.3 is 6.18 Å². The van der Waals surface area contributed by atoms with E-state index in [1.807, 2.05) is 0 Å². The van der Waals surface area contributed by atoms with Crippen molar-refractivity contribution >= 4 is 17.5 Å². The number of amides is 2. The molecule has 6 nitrogen and oxygen atoms in total. The lowest BCUT2D eigenvalue weighted by Crippen LogP contribution is -2.46. The Hall–Kier alpha value is -1.97. The highest BCUT2D eigenvalue weighted by Crippen LogP contribution is 2.40. The number of alkyl halides is 3. The Morgan fingerprint density at radius 3 is 2.71 bits per heavy atom. The molecule has 1 aromatic rings. The van der Waals surface area contributed by atoms with Gasteiger partial charge < -0.3 is 4.74 Å². The number of halogens is 3. The molecule has 128 valence electrons. The van der Waals surface area contributed by atoms with Crippen molar-refractivity contribution in [2.45, 2.75) is 18.3 Å². The second kappa shape index (κ2) is 5.27. The summed E-state index contributed by atoms with van der Waals surface area (Å²) in [5.74, 6) is -1.95. The summed E-state index contributed by atoms with van der Waals surface area (Å²) in [7, 11) is 0. The van der Waals surface area contributed by atoms with Crippen LogP contribution in [0.15, 0.2) is 24.3 Å². The number of ether oxygens (including phenoxy) is 1. The summed E-state index contributed by atoms with van der Waals surface area (Å²) in [5, 5.41) is 1.57. The Balaban J connectivity index is 1.67. The van der Waals surface area contributed by atoms with E-state index in [2.05, 4.69) is 0 Å². The van der Waals surface area contributed by atoms with E-state index >= 15 is 0 Å². The van der Waals surface area contributed by atoms with Gasteiger partial charge in [0.15, 0.2) is 6.10 Å². The number of hydroxylamine groups is 2. The zero-order chi connectivity index (χ0) is 17.1. The van der Waals surface area contributed by atoms with Crippen LogP contribution in [0.2, 0.25) is 0 Å². The fourth-order valence-electron chi connectivity index (χ4n) is 3.39. The molecule has 1 aromatic carbocycles. The lowest BCUT2D eigenvalue weighted by Gasteiger charge is -2.30. The van der Waals surface area contributed by atoms with Crippen LogP contribution in [0.1, 0.15) is 5.56 Å². The average Bonchev–Trinajstić information content (AvgIpc) is 3.03. The minimum Gasteiger partial charge on any atom is -0.378 e. The van der Waals surface area contributed by atoms with E-state index in [0.29, 0.717) is 13.2 Å². The number of hydrogen-bond donors (Lipinski definition) is 0. The molecule has 3 fully saturated rings. The van der Waals surface area contributed by atoms with Crippen LogP contribution in [-0.4, -0.2) is 48.8 Å². The van der Waals surface area contributed by atoms with Crippen molar-refractivity contribution in [3.8, 4) is 0 Å². The molecule has 3 atom stereocenters. The molecule has 0 aromatic heterocycles. The van der Waals surface area contributed by atoms with E-state index in [-0.39, 0.29) is 12.3 Å². The average molecular weight is 342 g/mol. The third-order valence-corrected chi connectivity index (χ3v) is 4.51. The first-order chi connectivity index (χ1) is 11.4. The van der Waals surface area contributed by atoms with Crippen LogP contribution in [0.4, 0.5) is 18.9 Å². The zero-order valence-corrected chi connectivity index (χ0v) is 12.3. The van der Waals surface area contributed by atoms with Gasteiger partial charge in [-0.25, -0.2) is 4.90 Å². The van der Waals surface area contributed by atoms with Gasteiger partial charge in [0.05, 0.1) is 36.4 Å². The smallest absolute Gasteiger partial charge is 0.378 e. The molecule has 0 aliphatic carbocycles. The molecule has 0 unspecified atom stereocenters. The van der Waals surface area contributed by atoms with Crippen LogP contribution < -0.4 is 4.90 Å². The second-order valence-corrected chi connectivity index (χ2v) is 5.89.